The van der Waals surface area contributed by atoms with Crippen LogP contribution in [-0.2, 0) is 28.6 Å². The first-order valence-corrected chi connectivity index (χ1v) is 13.4. The standard InChI is InChI=1S/C28H47NO7/c1-10-23-15(2)11-12-22(30)16(3)13-17(4)26(19(6)24(31)20(7)27(33)35-23)36-28-25(32)21(29(8)9)14-18(5)34-28/h11-12,15-21,23,25-26,28,32H,10,13-14H2,1-9H3/b12-11+/t15-,16-,17+,18-,19+,20-,21+,23-,25-,26+,28+/m1/s1. The Morgan fingerprint density at radius 2 is 1.69 bits per heavy atom. The fourth-order valence-electron chi connectivity index (χ4n) is 5.38. The van der Waals surface area contributed by atoms with Crippen LogP contribution in [0, 0.1) is 29.6 Å². The number of likely N-dealkylation sites (N-methyl/N-ethyl adjacent to an activating group) is 1. The zero-order valence-corrected chi connectivity index (χ0v) is 23.5. The van der Waals surface area contributed by atoms with E-state index in [0.29, 0.717) is 19.3 Å². The molecule has 1 fully saturated rings. The van der Waals surface area contributed by atoms with E-state index in [0.717, 1.165) is 0 Å². The van der Waals surface area contributed by atoms with Crippen molar-refractivity contribution in [1.29, 1.82) is 0 Å². The molecule has 0 aromatic rings. The van der Waals surface area contributed by atoms with Crippen molar-refractivity contribution in [1.82, 2.24) is 4.90 Å². The Morgan fingerprint density at radius 3 is 2.28 bits per heavy atom. The maximum absolute atomic E-state index is 13.5. The number of carbonyl (C=O) groups is 3. The van der Waals surface area contributed by atoms with Crippen molar-refractivity contribution in [3.05, 3.63) is 12.2 Å². The van der Waals surface area contributed by atoms with Crippen molar-refractivity contribution in [2.24, 2.45) is 29.6 Å². The van der Waals surface area contributed by atoms with E-state index < -0.39 is 42.4 Å². The molecular weight excluding hydrogens is 462 g/mol. The highest BCUT2D eigenvalue weighted by molar-refractivity contribution is 6.00. The predicted molar refractivity (Wildman–Crippen MR) is 137 cm³/mol. The molecule has 0 amide bonds. The summed E-state index contributed by atoms with van der Waals surface area (Å²) in [5.41, 5.74) is 0. The molecule has 8 heteroatoms. The van der Waals surface area contributed by atoms with Gasteiger partial charge in [-0.3, -0.25) is 14.4 Å². The summed E-state index contributed by atoms with van der Waals surface area (Å²) in [5, 5.41) is 11.0. The summed E-state index contributed by atoms with van der Waals surface area (Å²) in [7, 11) is 3.80. The summed E-state index contributed by atoms with van der Waals surface area (Å²) in [6, 6.07) is -0.161. The van der Waals surface area contributed by atoms with Crippen molar-refractivity contribution in [2.75, 3.05) is 14.1 Å². The van der Waals surface area contributed by atoms with E-state index in [4.69, 9.17) is 14.2 Å². The molecule has 1 saturated heterocycles. The van der Waals surface area contributed by atoms with Crippen molar-refractivity contribution < 1.29 is 33.7 Å². The molecule has 0 aromatic carbocycles. The van der Waals surface area contributed by atoms with Crippen LogP contribution in [0.25, 0.3) is 0 Å². The molecule has 0 spiro atoms. The Bertz CT molecular complexity index is 797. The van der Waals surface area contributed by atoms with E-state index in [9.17, 15) is 19.5 Å². The van der Waals surface area contributed by atoms with E-state index in [2.05, 4.69) is 0 Å². The van der Waals surface area contributed by atoms with Gasteiger partial charge in [0.2, 0.25) is 0 Å². The second kappa shape index (κ2) is 13.3. The molecule has 1 N–H and O–H groups in total. The zero-order valence-electron chi connectivity index (χ0n) is 23.5. The number of allylic oxidation sites excluding steroid dienone is 1. The number of rotatable bonds is 4. The van der Waals surface area contributed by atoms with Crippen LogP contribution in [0.2, 0.25) is 0 Å². The van der Waals surface area contributed by atoms with E-state index in [-0.39, 0.29) is 41.5 Å². The first-order chi connectivity index (χ1) is 16.8. The van der Waals surface area contributed by atoms with Gasteiger partial charge in [-0.15, -0.1) is 0 Å². The van der Waals surface area contributed by atoms with Gasteiger partial charge in [-0.25, -0.2) is 0 Å². The summed E-state index contributed by atoms with van der Waals surface area (Å²) in [5.74, 6) is -3.16. The lowest BCUT2D eigenvalue weighted by atomic mass is 9.80. The fourth-order valence-corrected chi connectivity index (χ4v) is 5.38. The maximum atomic E-state index is 13.5. The van der Waals surface area contributed by atoms with Gasteiger partial charge in [0, 0.05) is 23.8 Å². The molecule has 2 aliphatic rings. The molecule has 8 nitrogen and oxygen atoms in total. The third kappa shape index (κ3) is 7.46. The van der Waals surface area contributed by atoms with Gasteiger partial charge < -0.3 is 24.2 Å². The molecule has 0 aromatic heterocycles. The Balaban J connectivity index is 2.40. The number of carbonyl (C=O) groups excluding carboxylic acids is 3. The topological polar surface area (TPSA) is 102 Å². The lowest BCUT2D eigenvalue weighted by Gasteiger charge is -2.43. The second-order valence-corrected chi connectivity index (χ2v) is 11.2. The number of Topliss-reactive ketones (excluding diaryl/α,β-unsaturated/α-hetero) is 1. The van der Waals surface area contributed by atoms with Gasteiger partial charge >= 0.3 is 5.97 Å². The van der Waals surface area contributed by atoms with Crippen LogP contribution in [0.4, 0.5) is 0 Å². The summed E-state index contributed by atoms with van der Waals surface area (Å²) < 4.78 is 18.1. The van der Waals surface area contributed by atoms with Gasteiger partial charge in [-0.1, -0.05) is 40.7 Å². The molecule has 2 aliphatic heterocycles. The second-order valence-electron chi connectivity index (χ2n) is 11.2. The number of nitrogens with zero attached hydrogens (tertiary/aromatic N) is 1. The van der Waals surface area contributed by atoms with Gasteiger partial charge in [-0.2, -0.15) is 0 Å². The highest BCUT2D eigenvalue weighted by atomic mass is 16.7. The number of hydrogen-bond donors (Lipinski definition) is 1. The minimum Gasteiger partial charge on any atom is -0.461 e. The van der Waals surface area contributed by atoms with E-state index >= 15 is 0 Å². The number of ketones is 2. The molecule has 206 valence electrons. The SMILES string of the molecule is CC[C@H]1OC(=O)[C@H](C)C(=O)[C@H](C)[C@@H](O[C@@H]2O[C@H](C)C[C@H](N(C)C)[C@H]2O)[C@@H](C)C[C@@H](C)C(=O)/C=C/[C@H]1C. The number of esters is 1. The zero-order chi connectivity index (χ0) is 27.3. The van der Waals surface area contributed by atoms with Crippen LogP contribution in [-0.4, -0.2) is 78.4 Å². The molecule has 11 atom stereocenters. The van der Waals surface area contributed by atoms with E-state index in [1.54, 1.807) is 26.0 Å². The molecule has 0 aliphatic carbocycles. The van der Waals surface area contributed by atoms with Crippen LogP contribution in [0.3, 0.4) is 0 Å². The first-order valence-electron chi connectivity index (χ1n) is 13.4. The lowest BCUT2D eigenvalue weighted by molar-refractivity contribution is -0.278. The predicted octanol–water partition coefficient (Wildman–Crippen LogP) is 3.40. The average Bonchev–Trinajstić information content (AvgIpc) is 2.83. The number of aliphatic hydroxyl groups is 1. The molecule has 0 unspecified atom stereocenters. The van der Waals surface area contributed by atoms with Gasteiger partial charge in [0.05, 0.1) is 12.2 Å². The quantitative estimate of drug-likeness (QED) is 0.454. The average molecular weight is 510 g/mol. The van der Waals surface area contributed by atoms with Crippen molar-refractivity contribution in [3.63, 3.8) is 0 Å². The summed E-state index contributed by atoms with van der Waals surface area (Å²) in [6.45, 7) is 12.9. The maximum Gasteiger partial charge on any atom is 0.316 e. The van der Waals surface area contributed by atoms with E-state index in [1.165, 1.54) is 0 Å². The number of cyclic esters (lactones) is 1. The highest BCUT2D eigenvalue weighted by Gasteiger charge is 2.43. The van der Waals surface area contributed by atoms with E-state index in [1.807, 2.05) is 53.6 Å². The van der Waals surface area contributed by atoms with Crippen molar-refractivity contribution in [3.8, 4) is 0 Å². The smallest absolute Gasteiger partial charge is 0.316 e. The minimum absolute atomic E-state index is 0.0201. The lowest BCUT2D eigenvalue weighted by Crippen LogP contribution is -2.56. The summed E-state index contributed by atoms with van der Waals surface area (Å²) in [4.78, 5) is 41.2. The Labute approximate surface area is 216 Å². The highest BCUT2D eigenvalue weighted by Crippen LogP contribution is 2.32. The molecule has 2 rings (SSSR count). The minimum atomic E-state index is -0.962. The summed E-state index contributed by atoms with van der Waals surface area (Å²) in [6.07, 6.45) is 2.02. The van der Waals surface area contributed by atoms with Crippen LogP contribution < -0.4 is 0 Å². The Morgan fingerprint density at radius 1 is 1.06 bits per heavy atom. The first kappa shape index (κ1) is 30.6. The molecule has 0 saturated carbocycles. The van der Waals surface area contributed by atoms with Crippen molar-refractivity contribution >= 4 is 17.5 Å². The number of ether oxygens (including phenoxy) is 3. The molecular formula is C28H47NO7. The van der Waals surface area contributed by atoms with Gasteiger partial charge in [0.25, 0.3) is 0 Å². The van der Waals surface area contributed by atoms with Crippen LogP contribution in [0.15, 0.2) is 12.2 Å². The van der Waals surface area contributed by atoms with Crippen molar-refractivity contribution in [2.45, 2.75) is 104 Å². The Kier molecular flexibility index (Phi) is 11.3. The van der Waals surface area contributed by atoms with Gasteiger partial charge in [0.1, 0.15) is 18.1 Å². The van der Waals surface area contributed by atoms with Gasteiger partial charge in [-0.05, 0) is 59.2 Å². The molecule has 36 heavy (non-hydrogen) atoms. The van der Waals surface area contributed by atoms with Crippen LogP contribution >= 0.6 is 0 Å². The van der Waals surface area contributed by atoms with Crippen LogP contribution in [0.5, 0.6) is 0 Å². The largest absolute Gasteiger partial charge is 0.461 e. The molecule has 0 radical (unpaired) electrons. The normalized spacial score (nSPS) is 42.6. The molecule has 0 bridgehead atoms. The third-order valence-corrected chi connectivity index (χ3v) is 7.88. The van der Waals surface area contributed by atoms with Gasteiger partial charge in [0.15, 0.2) is 17.9 Å². The Hall–Kier alpha value is -1.61. The number of aliphatic hydroxyl groups excluding tert-OH is 1. The third-order valence-electron chi connectivity index (χ3n) is 7.88. The van der Waals surface area contributed by atoms with Crippen LogP contribution in [0.1, 0.15) is 67.7 Å². The summed E-state index contributed by atoms with van der Waals surface area (Å²) >= 11 is 0. The number of hydrogen-bond acceptors (Lipinski definition) is 8. The monoisotopic (exact) mass is 509 g/mol. The fraction of sp³-hybridized carbons (Fsp3) is 0.821. The molecule has 2 heterocycles.